The quantitative estimate of drug-likeness (QED) is 0.438. The van der Waals surface area contributed by atoms with Crippen LogP contribution in [-0.4, -0.2) is 18.5 Å². The van der Waals surface area contributed by atoms with E-state index in [-0.39, 0.29) is 27.3 Å². The number of nitrogens with zero attached hydrogens (tertiary/aromatic N) is 1. The standard InChI is InChI=1S/C23H16Cl2F2N4O2/c24-11-5-10(6-13(27)7-11)22(32)29-18-9-17(28)14-3-4-31-21(14)19(18)20(30-23(31)33)15-8-12(26)1-2-16(15)25/h1-2,5-9,20H,3-4,28H2,(H,29,32)(H,30,33). The normalized spacial score (nSPS) is 16.4. The van der Waals surface area contributed by atoms with Crippen molar-refractivity contribution in [2.75, 3.05) is 22.5 Å². The van der Waals surface area contributed by atoms with Crippen LogP contribution in [0.4, 0.5) is 30.6 Å². The Bertz CT molecular complexity index is 1330. The van der Waals surface area contributed by atoms with Crippen molar-refractivity contribution in [1.29, 1.82) is 0 Å². The molecule has 0 saturated heterocycles. The van der Waals surface area contributed by atoms with Gasteiger partial charge < -0.3 is 16.4 Å². The van der Waals surface area contributed by atoms with E-state index in [1.165, 1.54) is 29.2 Å². The van der Waals surface area contributed by atoms with Gasteiger partial charge in [-0.3, -0.25) is 9.69 Å². The molecule has 5 rings (SSSR count). The van der Waals surface area contributed by atoms with Gasteiger partial charge in [-0.25, -0.2) is 13.6 Å². The third-order valence-corrected chi connectivity index (χ3v) is 6.34. The fourth-order valence-electron chi connectivity index (χ4n) is 4.37. The highest BCUT2D eigenvalue weighted by Gasteiger charge is 2.40. The second-order valence-electron chi connectivity index (χ2n) is 7.82. The maximum atomic E-state index is 14.1. The molecule has 1 unspecified atom stereocenters. The zero-order chi connectivity index (χ0) is 23.4. The Kier molecular flexibility index (Phi) is 5.14. The molecule has 3 amide bonds. The van der Waals surface area contributed by atoms with Gasteiger partial charge in [0, 0.05) is 44.5 Å². The fraction of sp³-hybridized carbons (Fsp3) is 0.130. The van der Waals surface area contributed by atoms with Crippen molar-refractivity contribution in [1.82, 2.24) is 5.32 Å². The summed E-state index contributed by atoms with van der Waals surface area (Å²) in [6.07, 6.45) is 0.527. The maximum absolute atomic E-state index is 14.1. The summed E-state index contributed by atoms with van der Waals surface area (Å²) in [5.41, 5.74) is 9.08. The Hall–Kier alpha value is -3.36. The molecule has 2 aliphatic rings. The Balaban J connectivity index is 1.68. The first kappa shape index (κ1) is 21.5. The molecule has 0 aliphatic carbocycles. The SMILES string of the molecule is Nc1cc(NC(=O)c2cc(F)cc(Cl)c2)c2c3c1CCN3C(=O)NC2c1cc(F)ccc1Cl. The van der Waals surface area contributed by atoms with Crippen LogP contribution in [0, 0.1) is 11.6 Å². The number of hydrogen-bond acceptors (Lipinski definition) is 3. The molecule has 0 fully saturated rings. The predicted molar refractivity (Wildman–Crippen MR) is 123 cm³/mol. The Morgan fingerprint density at radius 3 is 2.67 bits per heavy atom. The summed E-state index contributed by atoms with van der Waals surface area (Å²) in [5, 5.41) is 5.90. The van der Waals surface area contributed by atoms with Gasteiger partial charge in [-0.2, -0.15) is 0 Å². The second-order valence-corrected chi connectivity index (χ2v) is 8.66. The molecule has 0 saturated carbocycles. The van der Waals surface area contributed by atoms with Crippen molar-refractivity contribution in [2.24, 2.45) is 0 Å². The van der Waals surface area contributed by atoms with E-state index in [4.69, 9.17) is 28.9 Å². The highest BCUT2D eigenvalue weighted by Crippen LogP contribution is 2.48. The molecule has 1 atom stereocenters. The molecule has 168 valence electrons. The van der Waals surface area contributed by atoms with Crippen LogP contribution in [0.1, 0.15) is 33.1 Å². The minimum Gasteiger partial charge on any atom is -0.398 e. The zero-order valence-corrected chi connectivity index (χ0v) is 18.4. The molecule has 0 radical (unpaired) electrons. The number of nitrogens with one attached hydrogen (secondary N) is 2. The first-order valence-corrected chi connectivity index (χ1v) is 10.7. The smallest absolute Gasteiger partial charge is 0.322 e. The van der Waals surface area contributed by atoms with Crippen LogP contribution in [0.5, 0.6) is 0 Å². The average Bonchev–Trinajstić information content (AvgIpc) is 3.20. The van der Waals surface area contributed by atoms with Gasteiger partial charge in [0.1, 0.15) is 11.6 Å². The molecule has 3 aromatic rings. The van der Waals surface area contributed by atoms with Gasteiger partial charge in [0.15, 0.2) is 0 Å². The molecule has 0 aromatic heterocycles. The van der Waals surface area contributed by atoms with Gasteiger partial charge in [0.2, 0.25) is 0 Å². The van der Waals surface area contributed by atoms with Gasteiger partial charge >= 0.3 is 6.03 Å². The van der Waals surface area contributed by atoms with Crippen LogP contribution in [0.15, 0.2) is 42.5 Å². The predicted octanol–water partition coefficient (Wildman–Crippen LogP) is 5.28. The maximum Gasteiger partial charge on any atom is 0.322 e. The van der Waals surface area contributed by atoms with E-state index in [1.54, 1.807) is 6.07 Å². The number of nitrogens with two attached hydrogens (primary N) is 1. The number of nitrogen functional groups attached to an aromatic ring is 1. The molecule has 10 heteroatoms. The molecule has 6 nitrogen and oxygen atoms in total. The summed E-state index contributed by atoms with van der Waals surface area (Å²) in [5.74, 6) is -1.82. The minimum atomic E-state index is -0.851. The lowest BCUT2D eigenvalue weighted by molar-refractivity contribution is 0.102. The molecular weight excluding hydrogens is 473 g/mol. The van der Waals surface area contributed by atoms with E-state index >= 15 is 0 Å². The van der Waals surface area contributed by atoms with Crippen molar-refractivity contribution in [3.63, 3.8) is 0 Å². The van der Waals surface area contributed by atoms with Crippen LogP contribution < -0.4 is 21.3 Å². The van der Waals surface area contributed by atoms with E-state index < -0.39 is 23.6 Å². The third-order valence-electron chi connectivity index (χ3n) is 5.78. The molecule has 2 heterocycles. The van der Waals surface area contributed by atoms with Gasteiger partial charge in [-0.15, -0.1) is 0 Å². The van der Waals surface area contributed by atoms with Crippen molar-refractivity contribution >= 4 is 52.2 Å². The van der Waals surface area contributed by atoms with Crippen LogP contribution in [0.2, 0.25) is 10.0 Å². The van der Waals surface area contributed by atoms with Gasteiger partial charge in [-0.1, -0.05) is 23.2 Å². The highest BCUT2D eigenvalue weighted by atomic mass is 35.5. The van der Waals surface area contributed by atoms with Gasteiger partial charge in [-0.05, 0) is 48.9 Å². The Morgan fingerprint density at radius 2 is 1.91 bits per heavy atom. The van der Waals surface area contributed by atoms with E-state index in [1.807, 2.05) is 0 Å². The topological polar surface area (TPSA) is 87.5 Å². The fourth-order valence-corrected chi connectivity index (χ4v) is 4.82. The summed E-state index contributed by atoms with van der Waals surface area (Å²) < 4.78 is 27.9. The summed E-state index contributed by atoms with van der Waals surface area (Å²) in [6, 6.07) is 7.66. The lowest BCUT2D eigenvalue weighted by Gasteiger charge is -2.35. The van der Waals surface area contributed by atoms with Crippen molar-refractivity contribution < 1.29 is 18.4 Å². The molecule has 0 bridgehead atoms. The van der Waals surface area contributed by atoms with E-state index in [2.05, 4.69) is 10.6 Å². The number of hydrogen-bond donors (Lipinski definition) is 3. The molecule has 33 heavy (non-hydrogen) atoms. The van der Waals surface area contributed by atoms with Crippen LogP contribution in [0.3, 0.4) is 0 Å². The largest absolute Gasteiger partial charge is 0.398 e. The monoisotopic (exact) mass is 488 g/mol. The van der Waals surface area contributed by atoms with E-state index in [0.29, 0.717) is 35.5 Å². The minimum absolute atomic E-state index is 0.00306. The molecule has 2 aliphatic heterocycles. The number of anilines is 3. The number of rotatable bonds is 3. The summed E-state index contributed by atoms with van der Waals surface area (Å²) >= 11 is 12.2. The van der Waals surface area contributed by atoms with E-state index in [0.717, 1.165) is 17.7 Å². The third kappa shape index (κ3) is 3.65. The first-order valence-electron chi connectivity index (χ1n) is 9.98. The molecule has 4 N–H and O–H groups in total. The second kappa shape index (κ2) is 7.90. The first-order chi connectivity index (χ1) is 15.7. The number of carbonyl (C=O) groups excluding carboxylic acids is 2. The number of urea groups is 1. The molecule has 0 spiro atoms. The zero-order valence-electron chi connectivity index (χ0n) is 16.9. The lowest BCUT2D eigenvalue weighted by atomic mass is 9.91. The summed E-state index contributed by atoms with van der Waals surface area (Å²) in [4.78, 5) is 27.3. The van der Waals surface area contributed by atoms with E-state index in [9.17, 15) is 18.4 Å². The van der Waals surface area contributed by atoms with Crippen LogP contribution >= 0.6 is 23.2 Å². The highest BCUT2D eigenvalue weighted by molar-refractivity contribution is 6.31. The number of halogens is 4. The summed E-state index contributed by atoms with van der Waals surface area (Å²) in [6.45, 7) is 0.402. The van der Waals surface area contributed by atoms with Gasteiger partial charge in [0.05, 0.1) is 17.4 Å². The van der Waals surface area contributed by atoms with Gasteiger partial charge in [0.25, 0.3) is 5.91 Å². The average molecular weight is 489 g/mol. The molecular formula is C23H16Cl2F2N4O2. The Morgan fingerprint density at radius 1 is 1.12 bits per heavy atom. The molecule has 3 aromatic carbocycles. The number of carbonyl (C=O) groups is 2. The number of benzene rings is 3. The van der Waals surface area contributed by atoms with Crippen molar-refractivity contribution in [2.45, 2.75) is 12.5 Å². The lowest BCUT2D eigenvalue weighted by Crippen LogP contribution is -2.46. The number of amides is 3. The Labute approximate surface area is 197 Å². The summed E-state index contributed by atoms with van der Waals surface area (Å²) in [7, 11) is 0. The van der Waals surface area contributed by atoms with Crippen molar-refractivity contribution in [3.8, 4) is 0 Å². The van der Waals surface area contributed by atoms with Crippen LogP contribution in [0.25, 0.3) is 0 Å². The van der Waals surface area contributed by atoms with Crippen molar-refractivity contribution in [3.05, 3.63) is 86.4 Å². The van der Waals surface area contributed by atoms with Crippen LogP contribution in [-0.2, 0) is 6.42 Å².